The fourth-order valence-electron chi connectivity index (χ4n) is 2.98. The normalized spacial score (nSPS) is 14.1. The van der Waals surface area contributed by atoms with Crippen molar-refractivity contribution in [2.24, 2.45) is 7.05 Å². The quantitative estimate of drug-likeness (QED) is 0.689. The smallest absolute Gasteiger partial charge is 0.455 e. The standard InChI is InChI=1S/C19H16F3N3O3/c1-25-17-10-12(18-26-8-9-27-18)2-7-15(17)16(24-25)11-23-13-3-5-14(6-4-13)28-19(20,21)22/h2-10,18,23H,11H2,1H3. The van der Waals surface area contributed by atoms with Crippen LogP contribution < -0.4 is 10.1 Å². The molecule has 0 fully saturated rings. The van der Waals surface area contributed by atoms with Crippen molar-refractivity contribution in [1.82, 2.24) is 9.78 Å². The van der Waals surface area contributed by atoms with Gasteiger partial charge >= 0.3 is 6.36 Å². The molecule has 0 atom stereocenters. The number of rotatable bonds is 5. The number of aromatic nitrogens is 2. The maximum atomic E-state index is 12.2. The Bertz CT molecular complexity index is 1000. The molecule has 4 rings (SSSR count). The van der Waals surface area contributed by atoms with Gasteiger partial charge in [0.15, 0.2) is 0 Å². The first-order valence-electron chi connectivity index (χ1n) is 8.40. The average molecular weight is 391 g/mol. The number of halogens is 3. The summed E-state index contributed by atoms with van der Waals surface area (Å²) < 4.78 is 53.0. The molecule has 2 aromatic carbocycles. The molecule has 0 aliphatic carbocycles. The summed E-state index contributed by atoms with van der Waals surface area (Å²) in [5.41, 5.74) is 3.26. The van der Waals surface area contributed by atoms with Gasteiger partial charge in [-0.25, -0.2) is 0 Å². The molecule has 1 N–H and O–H groups in total. The van der Waals surface area contributed by atoms with Gasteiger partial charge in [-0.15, -0.1) is 13.2 Å². The minimum absolute atomic E-state index is 0.264. The Balaban J connectivity index is 1.47. The van der Waals surface area contributed by atoms with Crippen LogP contribution in [0, 0.1) is 0 Å². The molecule has 3 aromatic rings. The zero-order chi connectivity index (χ0) is 19.7. The molecule has 0 saturated heterocycles. The largest absolute Gasteiger partial charge is 0.573 e. The first-order chi connectivity index (χ1) is 13.4. The van der Waals surface area contributed by atoms with Gasteiger partial charge in [0.1, 0.15) is 18.3 Å². The third kappa shape index (κ3) is 3.83. The van der Waals surface area contributed by atoms with Gasteiger partial charge < -0.3 is 19.5 Å². The third-order valence-corrected chi connectivity index (χ3v) is 4.23. The van der Waals surface area contributed by atoms with Gasteiger partial charge in [-0.3, -0.25) is 4.68 Å². The number of aryl methyl sites for hydroxylation is 1. The van der Waals surface area contributed by atoms with Crippen molar-refractivity contribution in [3.63, 3.8) is 0 Å². The second-order valence-electron chi connectivity index (χ2n) is 6.15. The molecule has 0 bridgehead atoms. The van der Waals surface area contributed by atoms with Crippen molar-refractivity contribution in [3.8, 4) is 5.75 Å². The van der Waals surface area contributed by atoms with Crippen LogP contribution >= 0.6 is 0 Å². The minimum atomic E-state index is -4.70. The lowest BCUT2D eigenvalue weighted by Gasteiger charge is -2.11. The molecule has 0 unspecified atom stereocenters. The highest BCUT2D eigenvalue weighted by molar-refractivity contribution is 5.83. The molecule has 1 aromatic heterocycles. The van der Waals surface area contributed by atoms with Crippen LogP contribution in [0.15, 0.2) is 55.0 Å². The van der Waals surface area contributed by atoms with E-state index in [0.717, 1.165) is 22.2 Å². The highest BCUT2D eigenvalue weighted by Gasteiger charge is 2.30. The van der Waals surface area contributed by atoms with E-state index in [1.165, 1.54) is 36.8 Å². The second kappa shape index (κ2) is 6.99. The van der Waals surface area contributed by atoms with Crippen molar-refractivity contribution in [2.45, 2.75) is 19.2 Å². The summed E-state index contributed by atoms with van der Waals surface area (Å²) in [5.74, 6) is -0.264. The van der Waals surface area contributed by atoms with Crippen molar-refractivity contribution in [3.05, 3.63) is 66.2 Å². The van der Waals surface area contributed by atoms with Gasteiger partial charge in [0.25, 0.3) is 6.29 Å². The fourth-order valence-corrected chi connectivity index (χ4v) is 2.98. The minimum Gasteiger partial charge on any atom is -0.455 e. The predicted molar refractivity (Wildman–Crippen MR) is 95.2 cm³/mol. The van der Waals surface area contributed by atoms with Crippen LogP contribution in [0.25, 0.3) is 10.9 Å². The number of anilines is 1. The Labute approximate surface area is 158 Å². The number of nitrogens with one attached hydrogen (secondary N) is 1. The number of alkyl halides is 3. The number of nitrogens with zero attached hydrogens (tertiary/aromatic N) is 2. The van der Waals surface area contributed by atoms with Crippen LogP contribution in [0.5, 0.6) is 5.75 Å². The van der Waals surface area contributed by atoms with E-state index in [1.54, 1.807) is 4.68 Å². The molecule has 0 saturated carbocycles. The lowest BCUT2D eigenvalue weighted by molar-refractivity contribution is -0.274. The summed E-state index contributed by atoms with van der Waals surface area (Å²) in [6.07, 6.45) is -2.17. The molecular formula is C19H16F3N3O3. The summed E-state index contributed by atoms with van der Waals surface area (Å²) in [7, 11) is 1.84. The summed E-state index contributed by atoms with van der Waals surface area (Å²) in [6.45, 7) is 0.411. The Morgan fingerprint density at radius 1 is 1.11 bits per heavy atom. The molecule has 0 spiro atoms. The van der Waals surface area contributed by atoms with E-state index in [2.05, 4.69) is 15.2 Å². The van der Waals surface area contributed by atoms with Gasteiger partial charge in [0.2, 0.25) is 0 Å². The number of ether oxygens (including phenoxy) is 3. The molecule has 28 heavy (non-hydrogen) atoms. The van der Waals surface area contributed by atoms with Gasteiger partial charge in [0, 0.05) is 23.7 Å². The molecule has 2 heterocycles. The van der Waals surface area contributed by atoms with Crippen LogP contribution in [-0.2, 0) is 23.1 Å². The van der Waals surface area contributed by atoms with E-state index in [9.17, 15) is 13.2 Å². The number of fused-ring (bicyclic) bond motifs is 1. The highest BCUT2D eigenvalue weighted by atomic mass is 19.4. The summed E-state index contributed by atoms with van der Waals surface area (Å²) in [4.78, 5) is 0. The maximum absolute atomic E-state index is 12.2. The molecule has 1 aliphatic rings. The fraction of sp³-hybridized carbons (Fsp3) is 0.211. The molecule has 9 heteroatoms. The van der Waals surface area contributed by atoms with Crippen molar-refractivity contribution in [1.29, 1.82) is 0 Å². The van der Waals surface area contributed by atoms with Gasteiger partial charge in [-0.05, 0) is 30.3 Å². The van der Waals surface area contributed by atoms with Crippen LogP contribution in [0.2, 0.25) is 0 Å². The Morgan fingerprint density at radius 2 is 1.82 bits per heavy atom. The lowest BCUT2D eigenvalue weighted by Crippen LogP contribution is -2.17. The summed E-state index contributed by atoms with van der Waals surface area (Å²) in [5, 5.41) is 8.64. The number of benzene rings is 2. The summed E-state index contributed by atoms with van der Waals surface area (Å²) >= 11 is 0. The van der Waals surface area contributed by atoms with E-state index in [4.69, 9.17) is 9.47 Å². The van der Waals surface area contributed by atoms with Crippen molar-refractivity contribution < 1.29 is 27.4 Å². The van der Waals surface area contributed by atoms with Gasteiger partial charge in [-0.1, -0.05) is 12.1 Å². The molecule has 1 aliphatic heterocycles. The first-order valence-corrected chi connectivity index (χ1v) is 8.40. The molecular weight excluding hydrogens is 375 g/mol. The van der Waals surface area contributed by atoms with Crippen LogP contribution in [0.1, 0.15) is 17.5 Å². The zero-order valence-corrected chi connectivity index (χ0v) is 14.7. The molecule has 6 nitrogen and oxygen atoms in total. The zero-order valence-electron chi connectivity index (χ0n) is 14.7. The molecule has 146 valence electrons. The second-order valence-corrected chi connectivity index (χ2v) is 6.15. The number of hydrogen-bond acceptors (Lipinski definition) is 5. The Hall–Kier alpha value is -3.36. The Kier molecular flexibility index (Phi) is 4.50. The molecule has 0 amide bonds. The Morgan fingerprint density at radius 3 is 2.50 bits per heavy atom. The van der Waals surface area contributed by atoms with Gasteiger partial charge in [-0.2, -0.15) is 5.10 Å². The van der Waals surface area contributed by atoms with Gasteiger partial charge in [0.05, 0.1) is 17.8 Å². The third-order valence-electron chi connectivity index (χ3n) is 4.23. The van der Waals surface area contributed by atoms with Crippen LogP contribution in [-0.4, -0.2) is 16.1 Å². The lowest BCUT2D eigenvalue weighted by atomic mass is 10.1. The topological polar surface area (TPSA) is 57.5 Å². The van der Waals surface area contributed by atoms with Crippen molar-refractivity contribution in [2.75, 3.05) is 5.32 Å². The van der Waals surface area contributed by atoms with E-state index in [0.29, 0.717) is 12.2 Å². The number of hydrogen-bond donors (Lipinski definition) is 1. The van der Waals surface area contributed by atoms with E-state index in [-0.39, 0.29) is 5.75 Å². The monoisotopic (exact) mass is 391 g/mol. The highest BCUT2D eigenvalue weighted by Crippen LogP contribution is 2.29. The summed E-state index contributed by atoms with van der Waals surface area (Å²) in [6, 6.07) is 11.4. The van der Waals surface area contributed by atoms with Crippen LogP contribution in [0.4, 0.5) is 18.9 Å². The van der Waals surface area contributed by atoms with Crippen LogP contribution in [0.3, 0.4) is 0 Å². The van der Waals surface area contributed by atoms with E-state index in [1.807, 2.05) is 25.2 Å². The average Bonchev–Trinajstić information content (AvgIpc) is 3.28. The SMILES string of the molecule is Cn1nc(CNc2ccc(OC(F)(F)F)cc2)c2ccc(C3OC=CO3)cc21. The first kappa shape index (κ1) is 18.0. The van der Waals surface area contributed by atoms with E-state index < -0.39 is 12.7 Å². The maximum Gasteiger partial charge on any atom is 0.573 e. The van der Waals surface area contributed by atoms with E-state index >= 15 is 0 Å². The predicted octanol–water partition coefficient (Wildman–Crippen LogP) is 4.60. The van der Waals surface area contributed by atoms with Crippen molar-refractivity contribution >= 4 is 16.6 Å². The molecule has 0 radical (unpaired) electrons.